The van der Waals surface area contributed by atoms with Gasteiger partial charge in [-0.3, -0.25) is 9.89 Å². The number of allylic oxidation sites excluding steroid dienone is 3. The maximum Gasteiger partial charge on any atom is 0.416 e. The molecule has 4 rings (SSSR count). The fraction of sp³-hybridized carbons (Fsp3) is 0.417. The normalized spacial score (nSPS) is 16.9. The Kier molecular flexibility index (Phi) is 19.6. The number of thioether (sulfide) groups is 2. The van der Waals surface area contributed by atoms with Gasteiger partial charge in [-0.1, -0.05) is 50.3 Å². The maximum absolute atomic E-state index is 13.0. The van der Waals surface area contributed by atoms with Crippen molar-refractivity contribution in [3.05, 3.63) is 108 Å². The Morgan fingerprint density at radius 3 is 2.21 bits per heavy atom. The zero-order valence-electron chi connectivity index (χ0n) is 28.2. The lowest BCUT2D eigenvalue weighted by Crippen LogP contribution is -2.46. The van der Waals surface area contributed by atoms with E-state index in [-0.39, 0.29) is 5.25 Å². The summed E-state index contributed by atoms with van der Waals surface area (Å²) in [6.45, 7) is 8.63. The predicted octanol–water partition coefficient (Wildman–Crippen LogP) is 9.64. The number of ether oxygens (including phenoxy) is 1. The van der Waals surface area contributed by atoms with Gasteiger partial charge in [0, 0.05) is 74.0 Å². The van der Waals surface area contributed by atoms with Crippen molar-refractivity contribution in [2.45, 2.75) is 31.7 Å². The summed E-state index contributed by atoms with van der Waals surface area (Å²) in [6.07, 6.45) is 16.3. The molecule has 0 spiro atoms. The van der Waals surface area contributed by atoms with Crippen molar-refractivity contribution in [3.8, 4) is 5.75 Å². The Morgan fingerprint density at radius 2 is 1.62 bits per heavy atom. The SMILES string of the molecule is CC.COc1ccc(N2CCN(CC/C(=C\CSC3C=CC=C(OSC)C=C3)N=Cc3ccc(C(F)(F)F)cc3)CC2)cc1.CSC. The zero-order chi connectivity index (χ0) is 34.5. The van der Waals surface area contributed by atoms with Gasteiger partial charge in [-0.15, -0.1) is 11.8 Å². The van der Waals surface area contributed by atoms with E-state index in [1.54, 1.807) is 36.8 Å². The van der Waals surface area contributed by atoms with E-state index in [9.17, 15) is 13.2 Å². The lowest BCUT2D eigenvalue weighted by Gasteiger charge is -2.36. The molecular formula is C36H48F3N3O2S3. The number of rotatable bonds is 12. The van der Waals surface area contributed by atoms with Crippen molar-refractivity contribution in [2.75, 3.05) is 69.3 Å². The summed E-state index contributed by atoms with van der Waals surface area (Å²) >= 11 is 4.83. The van der Waals surface area contributed by atoms with Crippen LogP contribution in [0.3, 0.4) is 0 Å². The van der Waals surface area contributed by atoms with Crippen LogP contribution < -0.4 is 9.64 Å². The van der Waals surface area contributed by atoms with E-state index in [2.05, 4.69) is 40.2 Å². The number of anilines is 1. The highest BCUT2D eigenvalue weighted by Gasteiger charge is 2.29. The number of piperazine rings is 1. The van der Waals surface area contributed by atoms with Gasteiger partial charge in [0.05, 0.1) is 24.7 Å². The molecule has 0 amide bonds. The van der Waals surface area contributed by atoms with Gasteiger partial charge >= 0.3 is 6.18 Å². The summed E-state index contributed by atoms with van der Waals surface area (Å²) in [5, 5.41) is 0.201. The first-order valence-electron chi connectivity index (χ1n) is 15.6. The molecule has 1 fully saturated rings. The predicted molar refractivity (Wildman–Crippen MR) is 201 cm³/mol. The molecule has 258 valence electrons. The van der Waals surface area contributed by atoms with Crippen molar-refractivity contribution < 1.29 is 22.1 Å². The van der Waals surface area contributed by atoms with E-state index in [1.165, 1.54) is 29.9 Å². The van der Waals surface area contributed by atoms with Crippen molar-refractivity contribution in [1.82, 2.24) is 4.90 Å². The second-order valence-electron chi connectivity index (χ2n) is 10.1. The third-order valence-electron chi connectivity index (χ3n) is 6.91. The average Bonchev–Trinajstić information content (AvgIpc) is 3.32. The van der Waals surface area contributed by atoms with Gasteiger partial charge in [0.2, 0.25) is 0 Å². The number of alkyl halides is 3. The molecule has 0 N–H and O–H groups in total. The van der Waals surface area contributed by atoms with E-state index >= 15 is 0 Å². The topological polar surface area (TPSA) is 37.3 Å². The van der Waals surface area contributed by atoms with Crippen LogP contribution in [0.2, 0.25) is 0 Å². The van der Waals surface area contributed by atoms with Gasteiger partial charge < -0.3 is 13.8 Å². The van der Waals surface area contributed by atoms with E-state index in [0.29, 0.717) is 5.56 Å². The van der Waals surface area contributed by atoms with Crippen LogP contribution in [0.1, 0.15) is 31.4 Å². The molecule has 5 nitrogen and oxygen atoms in total. The quantitative estimate of drug-likeness (QED) is 0.161. The van der Waals surface area contributed by atoms with Crippen molar-refractivity contribution >= 4 is 47.5 Å². The molecule has 0 bridgehead atoms. The van der Waals surface area contributed by atoms with Crippen molar-refractivity contribution in [1.29, 1.82) is 0 Å². The number of hydrogen-bond acceptors (Lipinski definition) is 8. The Labute approximate surface area is 292 Å². The largest absolute Gasteiger partial charge is 0.497 e. The monoisotopic (exact) mass is 707 g/mol. The van der Waals surface area contributed by atoms with E-state index in [0.717, 1.165) is 74.2 Å². The van der Waals surface area contributed by atoms with Crippen LogP contribution in [0, 0.1) is 0 Å². The molecular weight excluding hydrogens is 660 g/mol. The molecule has 1 atom stereocenters. The highest BCUT2D eigenvalue weighted by Crippen LogP contribution is 2.29. The van der Waals surface area contributed by atoms with Crippen LogP contribution in [0.15, 0.2) is 101 Å². The van der Waals surface area contributed by atoms with Gasteiger partial charge in [-0.2, -0.15) is 24.9 Å². The summed E-state index contributed by atoms with van der Waals surface area (Å²) in [6, 6.07) is 13.3. The van der Waals surface area contributed by atoms with Gasteiger partial charge in [0.25, 0.3) is 0 Å². The first-order chi connectivity index (χ1) is 22.7. The third kappa shape index (κ3) is 15.4. The van der Waals surface area contributed by atoms with Gasteiger partial charge in [0.1, 0.15) is 11.5 Å². The fourth-order valence-electron chi connectivity index (χ4n) is 4.52. The number of nitrogens with zero attached hydrogens (tertiary/aromatic N) is 3. The number of hydrogen-bond donors (Lipinski definition) is 0. The molecule has 2 aromatic carbocycles. The molecule has 1 saturated heterocycles. The standard InChI is InChI=1S/C32H36F3N3O2S2.C2H6S.C2H6/c1-39-29-12-10-28(11-13-29)38-21-19-37(20-22-38)18-16-27(36-24-25-6-8-26(9-7-25)32(33,34)35)17-23-42-31-5-3-4-30(14-15-31)40-41-2;1-3-2;1-2/h3-15,17,24,31H,16,18-23H2,1-2H3;1-2H3;1-2H3/b27-17+,36-24?;;. The lowest BCUT2D eigenvalue weighted by atomic mass is 10.1. The summed E-state index contributed by atoms with van der Waals surface area (Å²) in [5.41, 5.74) is 2.09. The minimum atomic E-state index is -4.35. The van der Waals surface area contributed by atoms with Gasteiger partial charge in [0.15, 0.2) is 0 Å². The van der Waals surface area contributed by atoms with Crippen LogP contribution in [0.4, 0.5) is 18.9 Å². The Morgan fingerprint density at radius 1 is 0.957 bits per heavy atom. The molecule has 1 heterocycles. The summed E-state index contributed by atoms with van der Waals surface area (Å²) < 4.78 is 49.7. The van der Waals surface area contributed by atoms with Crippen molar-refractivity contribution in [3.63, 3.8) is 0 Å². The Bertz CT molecular complexity index is 1300. The van der Waals surface area contributed by atoms with Crippen molar-refractivity contribution in [2.24, 2.45) is 4.99 Å². The van der Waals surface area contributed by atoms with Crippen LogP contribution >= 0.6 is 35.6 Å². The maximum atomic E-state index is 13.0. The van der Waals surface area contributed by atoms with E-state index < -0.39 is 11.7 Å². The average molecular weight is 708 g/mol. The first-order valence-corrected chi connectivity index (χ1v) is 19.4. The smallest absolute Gasteiger partial charge is 0.416 e. The fourth-order valence-corrected chi connectivity index (χ4v) is 5.72. The molecule has 2 aromatic rings. The van der Waals surface area contributed by atoms with Gasteiger partial charge in [-0.25, -0.2) is 0 Å². The number of benzene rings is 2. The Hall–Kier alpha value is -2.73. The molecule has 0 radical (unpaired) electrons. The Balaban J connectivity index is 0.00000145. The van der Waals surface area contributed by atoms with Crippen LogP contribution in [0.5, 0.6) is 5.75 Å². The molecule has 1 unspecified atom stereocenters. The van der Waals surface area contributed by atoms with Gasteiger partial charge in [-0.05, 0) is 66.6 Å². The minimum Gasteiger partial charge on any atom is -0.497 e. The summed E-state index contributed by atoms with van der Waals surface area (Å²) in [7, 11) is 1.67. The minimum absolute atomic E-state index is 0.201. The van der Waals surface area contributed by atoms with Crippen LogP contribution in [-0.2, 0) is 10.4 Å². The van der Waals surface area contributed by atoms with E-state index in [4.69, 9.17) is 13.9 Å². The van der Waals surface area contributed by atoms with Crippen LogP contribution in [0.25, 0.3) is 0 Å². The highest BCUT2D eigenvalue weighted by molar-refractivity contribution is 8.00. The third-order valence-corrected chi connectivity index (χ3v) is 8.33. The molecule has 11 heteroatoms. The zero-order valence-corrected chi connectivity index (χ0v) is 30.7. The molecule has 1 aliphatic heterocycles. The van der Waals surface area contributed by atoms with Crippen LogP contribution in [-0.4, -0.2) is 80.7 Å². The number of aliphatic imine (C=N–C) groups is 1. The molecule has 47 heavy (non-hydrogen) atoms. The first kappa shape index (κ1) is 40.4. The molecule has 0 saturated carbocycles. The molecule has 0 aromatic heterocycles. The number of halogens is 3. The highest BCUT2D eigenvalue weighted by atomic mass is 32.2. The lowest BCUT2D eigenvalue weighted by molar-refractivity contribution is -0.137. The molecule has 1 aliphatic carbocycles. The van der Waals surface area contributed by atoms with E-state index in [1.807, 2.05) is 63.0 Å². The number of methoxy groups -OCH3 is 1. The molecule has 2 aliphatic rings. The second-order valence-corrected chi connectivity index (χ2v) is 12.6. The summed E-state index contributed by atoms with van der Waals surface area (Å²) in [4.78, 5) is 9.52. The second kappa shape index (κ2) is 22.8. The summed E-state index contributed by atoms with van der Waals surface area (Å²) in [5.74, 6) is 2.42.